The van der Waals surface area contributed by atoms with E-state index in [1.165, 1.54) is 5.56 Å². The molecule has 0 aliphatic carbocycles. The first kappa shape index (κ1) is 23.0. The minimum atomic E-state index is 0. The molecule has 0 heterocycles. The summed E-state index contributed by atoms with van der Waals surface area (Å²) in [4.78, 5) is 6.46. The molecule has 0 aromatic heterocycles. The maximum absolute atomic E-state index is 5.92. The fourth-order valence-corrected chi connectivity index (χ4v) is 1.88. The average Bonchev–Trinajstić information content (AvgIpc) is 2.47. The summed E-state index contributed by atoms with van der Waals surface area (Å²) < 4.78 is 5.92. The summed E-state index contributed by atoms with van der Waals surface area (Å²) in [5.41, 5.74) is 1.26. The quantitative estimate of drug-likeness (QED) is 0.383. The summed E-state index contributed by atoms with van der Waals surface area (Å²) in [5, 5.41) is 6.67. The van der Waals surface area contributed by atoms with Crippen LogP contribution in [0.1, 0.15) is 26.3 Å². The van der Waals surface area contributed by atoms with Crippen molar-refractivity contribution < 1.29 is 4.74 Å². The molecule has 24 heavy (non-hydrogen) atoms. The highest BCUT2D eigenvalue weighted by Crippen LogP contribution is 2.13. The summed E-state index contributed by atoms with van der Waals surface area (Å²) in [5.74, 6) is 1.69. The van der Waals surface area contributed by atoms with Gasteiger partial charge in [0.15, 0.2) is 5.96 Å². The number of ether oxygens (including phenoxy) is 1. The number of benzene rings is 1. The second-order valence-electron chi connectivity index (χ2n) is 6.76. The van der Waals surface area contributed by atoms with Gasteiger partial charge in [0.05, 0.1) is 6.54 Å². The SMILES string of the molecule is CN=C(NCC(C)Oc1cccc(C)c1)NCC(C)(C)N(C)C.I. The van der Waals surface area contributed by atoms with Gasteiger partial charge in [-0.25, -0.2) is 0 Å². The normalized spacial score (nSPS) is 13.2. The Balaban J connectivity index is 0.00000529. The highest BCUT2D eigenvalue weighted by Gasteiger charge is 2.20. The van der Waals surface area contributed by atoms with Gasteiger partial charge in [-0.15, -0.1) is 24.0 Å². The summed E-state index contributed by atoms with van der Waals surface area (Å²) in [6, 6.07) is 8.10. The first-order valence-corrected chi connectivity index (χ1v) is 8.10. The number of rotatable bonds is 7. The zero-order valence-electron chi connectivity index (χ0n) is 16.0. The number of nitrogens with zero attached hydrogens (tertiary/aromatic N) is 2. The van der Waals surface area contributed by atoms with E-state index in [2.05, 4.69) is 61.5 Å². The molecule has 1 aromatic carbocycles. The van der Waals surface area contributed by atoms with Crippen LogP contribution in [-0.2, 0) is 0 Å². The number of nitrogens with one attached hydrogen (secondary N) is 2. The highest BCUT2D eigenvalue weighted by molar-refractivity contribution is 14.0. The van der Waals surface area contributed by atoms with E-state index in [-0.39, 0.29) is 35.6 Å². The lowest BCUT2D eigenvalue weighted by Gasteiger charge is -2.33. The second-order valence-corrected chi connectivity index (χ2v) is 6.76. The van der Waals surface area contributed by atoms with Gasteiger partial charge in [-0.05, 0) is 59.5 Å². The molecule has 2 N–H and O–H groups in total. The molecule has 0 aliphatic heterocycles. The minimum absolute atomic E-state index is 0. The first-order chi connectivity index (χ1) is 10.7. The molecular formula is C18H33IN4O. The number of aryl methyl sites for hydroxylation is 1. The van der Waals surface area contributed by atoms with Gasteiger partial charge >= 0.3 is 0 Å². The van der Waals surface area contributed by atoms with E-state index in [1.54, 1.807) is 7.05 Å². The molecule has 1 aromatic rings. The Morgan fingerprint density at radius 3 is 2.50 bits per heavy atom. The molecule has 0 saturated heterocycles. The summed E-state index contributed by atoms with van der Waals surface area (Å²) in [6.07, 6.45) is 0.0530. The maximum Gasteiger partial charge on any atom is 0.191 e. The summed E-state index contributed by atoms with van der Waals surface area (Å²) in [7, 11) is 5.94. The molecule has 0 amide bonds. The minimum Gasteiger partial charge on any atom is -0.489 e. The summed E-state index contributed by atoms with van der Waals surface area (Å²) >= 11 is 0. The molecule has 138 valence electrons. The Labute approximate surface area is 164 Å². The van der Waals surface area contributed by atoms with Gasteiger partial charge in [-0.2, -0.15) is 0 Å². The van der Waals surface area contributed by atoms with Gasteiger partial charge in [0.25, 0.3) is 0 Å². The molecule has 6 heteroatoms. The van der Waals surface area contributed by atoms with Crippen molar-refractivity contribution in [2.75, 3.05) is 34.2 Å². The zero-order valence-corrected chi connectivity index (χ0v) is 18.3. The van der Waals surface area contributed by atoms with Crippen LogP contribution in [0.4, 0.5) is 0 Å². The van der Waals surface area contributed by atoms with Crippen molar-refractivity contribution in [3.8, 4) is 5.75 Å². The van der Waals surface area contributed by atoms with Crippen LogP contribution in [0.5, 0.6) is 5.75 Å². The van der Waals surface area contributed by atoms with Gasteiger partial charge in [-0.3, -0.25) is 4.99 Å². The smallest absolute Gasteiger partial charge is 0.191 e. The van der Waals surface area contributed by atoms with Gasteiger partial charge < -0.3 is 20.3 Å². The molecule has 0 fully saturated rings. The Hall–Kier alpha value is -1.02. The van der Waals surface area contributed by atoms with Crippen molar-refractivity contribution in [3.63, 3.8) is 0 Å². The van der Waals surface area contributed by atoms with Crippen LogP contribution in [0.3, 0.4) is 0 Å². The van der Waals surface area contributed by atoms with Crippen LogP contribution in [-0.4, -0.2) is 56.7 Å². The maximum atomic E-state index is 5.92. The molecule has 0 spiro atoms. The Kier molecular flexibility index (Phi) is 10.3. The summed E-state index contributed by atoms with van der Waals surface area (Å²) in [6.45, 7) is 10.00. The van der Waals surface area contributed by atoms with E-state index in [0.717, 1.165) is 18.3 Å². The lowest BCUT2D eigenvalue weighted by molar-refractivity contribution is 0.196. The second kappa shape index (κ2) is 10.8. The number of hydrogen-bond acceptors (Lipinski definition) is 3. The lowest BCUT2D eigenvalue weighted by Crippen LogP contribution is -2.51. The largest absolute Gasteiger partial charge is 0.489 e. The predicted molar refractivity (Wildman–Crippen MR) is 114 cm³/mol. The fourth-order valence-electron chi connectivity index (χ4n) is 1.88. The van der Waals surface area contributed by atoms with Crippen LogP contribution < -0.4 is 15.4 Å². The molecule has 0 bridgehead atoms. The van der Waals surface area contributed by atoms with E-state index in [4.69, 9.17) is 4.74 Å². The highest BCUT2D eigenvalue weighted by atomic mass is 127. The van der Waals surface area contributed by atoms with Crippen LogP contribution in [0, 0.1) is 6.92 Å². The monoisotopic (exact) mass is 448 g/mol. The van der Waals surface area contributed by atoms with Gasteiger partial charge in [0.2, 0.25) is 0 Å². The average molecular weight is 448 g/mol. The number of hydrogen-bond donors (Lipinski definition) is 2. The molecule has 5 nitrogen and oxygen atoms in total. The van der Waals surface area contributed by atoms with Gasteiger partial charge in [0.1, 0.15) is 11.9 Å². The van der Waals surface area contributed by atoms with Crippen molar-refractivity contribution in [2.45, 2.75) is 39.3 Å². The van der Waals surface area contributed by atoms with Crippen LogP contribution in [0.2, 0.25) is 0 Å². The Bertz CT molecular complexity index is 517. The van der Waals surface area contributed by atoms with E-state index < -0.39 is 0 Å². The van der Waals surface area contributed by atoms with Crippen molar-refractivity contribution in [1.82, 2.24) is 15.5 Å². The van der Waals surface area contributed by atoms with E-state index in [1.807, 2.05) is 25.1 Å². The lowest BCUT2D eigenvalue weighted by atomic mass is 10.0. The molecule has 0 aliphatic rings. The molecule has 1 rings (SSSR count). The third-order valence-corrected chi connectivity index (χ3v) is 4.01. The zero-order chi connectivity index (χ0) is 17.5. The standard InChI is InChI=1S/C18H32N4O.HI/c1-14-9-8-10-16(11-14)23-15(2)12-20-17(19-5)21-13-18(3,4)22(6)7;/h8-11,15H,12-13H2,1-7H3,(H2,19,20,21);1H. The van der Waals surface area contributed by atoms with Crippen LogP contribution >= 0.6 is 24.0 Å². The van der Waals surface area contributed by atoms with E-state index in [0.29, 0.717) is 6.54 Å². The van der Waals surface area contributed by atoms with Gasteiger partial charge in [-0.1, -0.05) is 12.1 Å². The molecular weight excluding hydrogens is 415 g/mol. The third-order valence-electron chi connectivity index (χ3n) is 4.01. The number of halogens is 1. The fraction of sp³-hybridized carbons (Fsp3) is 0.611. The predicted octanol–water partition coefficient (Wildman–Crippen LogP) is 2.89. The first-order valence-electron chi connectivity index (χ1n) is 8.10. The number of guanidine groups is 1. The van der Waals surface area contributed by atoms with Crippen molar-refractivity contribution >= 4 is 29.9 Å². The molecule has 1 atom stereocenters. The van der Waals surface area contributed by atoms with Crippen LogP contribution in [0.15, 0.2) is 29.3 Å². The Morgan fingerprint density at radius 2 is 1.96 bits per heavy atom. The molecule has 0 radical (unpaired) electrons. The van der Waals surface area contributed by atoms with Crippen LogP contribution in [0.25, 0.3) is 0 Å². The van der Waals surface area contributed by atoms with Crippen molar-refractivity contribution in [2.24, 2.45) is 4.99 Å². The van der Waals surface area contributed by atoms with Gasteiger partial charge in [0, 0.05) is 19.1 Å². The Morgan fingerprint density at radius 1 is 1.29 bits per heavy atom. The van der Waals surface area contributed by atoms with E-state index >= 15 is 0 Å². The third kappa shape index (κ3) is 8.19. The number of likely N-dealkylation sites (N-methyl/N-ethyl adjacent to an activating group) is 1. The molecule has 0 saturated carbocycles. The van der Waals surface area contributed by atoms with Crippen molar-refractivity contribution in [3.05, 3.63) is 29.8 Å². The molecule has 1 unspecified atom stereocenters. The van der Waals surface area contributed by atoms with E-state index in [9.17, 15) is 0 Å². The number of aliphatic imine (C=N–C) groups is 1. The van der Waals surface area contributed by atoms with Crippen molar-refractivity contribution in [1.29, 1.82) is 0 Å². The topological polar surface area (TPSA) is 48.9 Å².